The van der Waals surface area contributed by atoms with Gasteiger partial charge in [0.15, 0.2) is 0 Å². The number of rotatable bonds is 8. The van der Waals surface area contributed by atoms with Crippen LogP contribution in [0, 0.1) is 0 Å². The van der Waals surface area contributed by atoms with E-state index in [1.54, 1.807) is 11.3 Å². The Balaban J connectivity index is 1.37. The molecule has 0 radical (unpaired) electrons. The lowest BCUT2D eigenvalue weighted by Gasteiger charge is -2.31. The van der Waals surface area contributed by atoms with Crippen molar-refractivity contribution < 1.29 is 14.4 Å². The molecule has 7 nitrogen and oxygen atoms in total. The van der Waals surface area contributed by atoms with E-state index in [0.717, 1.165) is 17.7 Å². The van der Waals surface area contributed by atoms with Gasteiger partial charge in [-0.1, -0.05) is 25.3 Å². The first-order valence-corrected chi connectivity index (χ1v) is 11.8. The number of hydrogen-bond donors (Lipinski definition) is 4. The molecule has 1 aromatic heterocycles. The molecule has 1 aliphatic carbocycles. The largest absolute Gasteiger partial charge is 0.353 e. The highest BCUT2D eigenvalue weighted by Crippen LogP contribution is 2.18. The summed E-state index contributed by atoms with van der Waals surface area (Å²) in [5.41, 5.74) is -0.353. The molecule has 1 aliphatic heterocycles. The van der Waals surface area contributed by atoms with Gasteiger partial charge in [-0.3, -0.25) is 19.7 Å². The Morgan fingerprint density at radius 3 is 2.79 bits per heavy atom. The van der Waals surface area contributed by atoms with Crippen LogP contribution in [0.25, 0.3) is 0 Å². The third-order valence-corrected chi connectivity index (χ3v) is 6.83. The molecule has 4 N–H and O–H groups in total. The first-order valence-electron chi connectivity index (χ1n) is 9.84. The standard InChI is InChI=1S/C19H28N4O3S2/c24-16(20-11-15-7-4-8-27-15)9-14-10-17(25)23-19(22-14)28-12-18(26)21-13-5-2-1-3-6-13/h4,7-8,13-14,19,22H,1-3,5-6,9-12H2,(H,20,24)(H,21,26)(H,23,25). The fourth-order valence-corrected chi connectivity index (χ4v) is 5.08. The van der Waals surface area contributed by atoms with Crippen LogP contribution in [0.1, 0.15) is 49.8 Å². The summed E-state index contributed by atoms with van der Waals surface area (Å²) >= 11 is 2.95. The van der Waals surface area contributed by atoms with Gasteiger partial charge in [0.1, 0.15) is 5.50 Å². The smallest absolute Gasteiger partial charge is 0.230 e. The Morgan fingerprint density at radius 1 is 1.21 bits per heavy atom. The maximum Gasteiger partial charge on any atom is 0.230 e. The lowest BCUT2D eigenvalue weighted by Crippen LogP contribution is -2.56. The van der Waals surface area contributed by atoms with Crippen molar-refractivity contribution in [3.8, 4) is 0 Å². The summed E-state index contributed by atoms with van der Waals surface area (Å²) in [6.07, 6.45) is 6.21. The first kappa shape index (κ1) is 21.1. The molecule has 2 heterocycles. The van der Waals surface area contributed by atoms with Crippen molar-refractivity contribution in [3.05, 3.63) is 22.4 Å². The van der Waals surface area contributed by atoms with E-state index in [4.69, 9.17) is 0 Å². The number of hydrogen-bond acceptors (Lipinski definition) is 6. The van der Waals surface area contributed by atoms with Gasteiger partial charge in [-0.25, -0.2) is 0 Å². The molecule has 1 saturated heterocycles. The van der Waals surface area contributed by atoms with Crippen LogP contribution in [-0.4, -0.2) is 41.1 Å². The van der Waals surface area contributed by atoms with E-state index in [-0.39, 0.29) is 53.9 Å². The van der Waals surface area contributed by atoms with E-state index in [1.807, 2.05) is 17.5 Å². The Kier molecular flexibility index (Phi) is 8.17. The van der Waals surface area contributed by atoms with Gasteiger partial charge < -0.3 is 16.0 Å². The molecule has 3 amide bonds. The Labute approximate surface area is 173 Å². The normalized spacial score (nSPS) is 23.1. The van der Waals surface area contributed by atoms with E-state index in [1.165, 1.54) is 31.0 Å². The van der Waals surface area contributed by atoms with Crippen molar-refractivity contribution in [2.45, 2.75) is 69.1 Å². The predicted molar refractivity (Wildman–Crippen MR) is 112 cm³/mol. The molecule has 1 saturated carbocycles. The highest BCUT2D eigenvalue weighted by Gasteiger charge is 2.28. The summed E-state index contributed by atoms with van der Waals surface area (Å²) in [4.78, 5) is 37.4. The minimum Gasteiger partial charge on any atom is -0.353 e. The molecule has 9 heteroatoms. The van der Waals surface area contributed by atoms with E-state index in [2.05, 4.69) is 21.3 Å². The predicted octanol–water partition coefficient (Wildman–Crippen LogP) is 1.70. The van der Waals surface area contributed by atoms with Crippen LogP contribution in [0.4, 0.5) is 0 Å². The zero-order valence-electron chi connectivity index (χ0n) is 15.9. The number of nitrogens with one attached hydrogen (secondary N) is 4. The Bertz CT molecular complexity index is 662. The zero-order chi connectivity index (χ0) is 19.8. The Hall–Kier alpha value is -1.58. The monoisotopic (exact) mass is 424 g/mol. The summed E-state index contributed by atoms with van der Waals surface area (Å²) in [5, 5.41) is 14.0. The summed E-state index contributed by atoms with van der Waals surface area (Å²) in [5.74, 6) is 0.106. The van der Waals surface area contributed by atoms with Crippen LogP contribution in [0.2, 0.25) is 0 Å². The van der Waals surface area contributed by atoms with Crippen molar-refractivity contribution in [3.63, 3.8) is 0 Å². The number of amides is 3. The van der Waals surface area contributed by atoms with Crippen LogP contribution >= 0.6 is 23.1 Å². The average molecular weight is 425 g/mol. The molecule has 2 aliphatic rings. The van der Waals surface area contributed by atoms with Crippen LogP contribution in [0.15, 0.2) is 17.5 Å². The van der Waals surface area contributed by atoms with Crippen molar-refractivity contribution in [1.82, 2.24) is 21.3 Å². The van der Waals surface area contributed by atoms with Gasteiger partial charge in [-0.15, -0.1) is 23.1 Å². The molecule has 28 heavy (non-hydrogen) atoms. The second-order valence-corrected chi connectivity index (χ2v) is 9.41. The molecule has 2 unspecified atom stereocenters. The summed E-state index contributed by atoms with van der Waals surface area (Å²) in [6.45, 7) is 0.509. The highest BCUT2D eigenvalue weighted by molar-refractivity contribution is 8.00. The van der Waals surface area contributed by atoms with Crippen LogP contribution in [0.3, 0.4) is 0 Å². The third-order valence-electron chi connectivity index (χ3n) is 4.93. The number of carbonyl (C=O) groups excluding carboxylic acids is 3. The quantitative estimate of drug-likeness (QED) is 0.509. The summed E-state index contributed by atoms with van der Waals surface area (Å²) in [6, 6.07) is 3.99. The molecule has 2 fully saturated rings. The molecule has 0 aromatic carbocycles. The number of thioether (sulfide) groups is 1. The average Bonchev–Trinajstić information content (AvgIpc) is 3.19. The summed E-state index contributed by atoms with van der Waals surface area (Å²) < 4.78 is 0. The van der Waals surface area contributed by atoms with Gasteiger partial charge in [-0.05, 0) is 24.3 Å². The van der Waals surface area contributed by atoms with E-state index in [0.29, 0.717) is 6.54 Å². The maximum absolute atomic E-state index is 12.2. The van der Waals surface area contributed by atoms with Crippen molar-refractivity contribution in [2.24, 2.45) is 0 Å². The number of carbonyl (C=O) groups is 3. The highest BCUT2D eigenvalue weighted by atomic mass is 32.2. The van der Waals surface area contributed by atoms with Crippen molar-refractivity contribution in [2.75, 3.05) is 5.75 Å². The third kappa shape index (κ3) is 7.10. The fourth-order valence-electron chi connectivity index (χ4n) is 3.53. The SMILES string of the molecule is O=C(CC1CC(=O)NC(SCC(=O)NC2CCCCC2)N1)NCc1cccs1. The zero-order valence-corrected chi connectivity index (χ0v) is 17.5. The lowest BCUT2D eigenvalue weighted by atomic mass is 9.95. The van der Waals surface area contributed by atoms with E-state index in [9.17, 15) is 14.4 Å². The fraction of sp³-hybridized carbons (Fsp3) is 0.632. The molecular formula is C19H28N4O3S2. The minimum atomic E-state index is -0.353. The van der Waals surface area contributed by atoms with Crippen molar-refractivity contribution in [1.29, 1.82) is 0 Å². The second kappa shape index (κ2) is 10.8. The molecule has 154 valence electrons. The van der Waals surface area contributed by atoms with Gasteiger partial charge >= 0.3 is 0 Å². The topological polar surface area (TPSA) is 99.3 Å². The number of thiophene rings is 1. The second-order valence-electron chi connectivity index (χ2n) is 7.29. The first-order chi connectivity index (χ1) is 13.6. The van der Waals surface area contributed by atoms with Gasteiger partial charge in [0, 0.05) is 29.8 Å². The van der Waals surface area contributed by atoms with E-state index >= 15 is 0 Å². The van der Waals surface area contributed by atoms with Crippen LogP contribution < -0.4 is 21.3 Å². The Morgan fingerprint density at radius 2 is 2.04 bits per heavy atom. The van der Waals surface area contributed by atoms with E-state index < -0.39 is 0 Å². The molecule has 3 rings (SSSR count). The molecular weight excluding hydrogens is 396 g/mol. The van der Waals surface area contributed by atoms with Crippen LogP contribution in [0.5, 0.6) is 0 Å². The minimum absolute atomic E-state index is 0.00348. The summed E-state index contributed by atoms with van der Waals surface area (Å²) in [7, 11) is 0. The molecule has 1 aromatic rings. The molecule has 0 bridgehead atoms. The van der Waals surface area contributed by atoms with Crippen LogP contribution in [-0.2, 0) is 20.9 Å². The van der Waals surface area contributed by atoms with Gasteiger partial charge in [-0.2, -0.15) is 0 Å². The van der Waals surface area contributed by atoms with Gasteiger partial charge in [0.2, 0.25) is 17.7 Å². The molecule has 0 spiro atoms. The van der Waals surface area contributed by atoms with Gasteiger partial charge in [0.25, 0.3) is 0 Å². The van der Waals surface area contributed by atoms with Gasteiger partial charge in [0.05, 0.1) is 12.3 Å². The van der Waals surface area contributed by atoms with Crippen molar-refractivity contribution >= 4 is 40.8 Å². The molecule has 2 atom stereocenters. The lowest BCUT2D eigenvalue weighted by molar-refractivity contribution is -0.125. The maximum atomic E-state index is 12.2.